The maximum absolute atomic E-state index is 4.49. The summed E-state index contributed by atoms with van der Waals surface area (Å²) in [5.41, 5.74) is 1.19. The van der Waals surface area contributed by atoms with Crippen LogP contribution in [-0.2, 0) is 0 Å². The number of hydrogen-bond donors (Lipinski definition) is 0. The molecule has 0 saturated carbocycles. The zero-order valence-corrected chi connectivity index (χ0v) is 11.3. The maximum atomic E-state index is 4.49. The van der Waals surface area contributed by atoms with E-state index < -0.39 is 0 Å². The second-order valence-corrected chi connectivity index (χ2v) is 4.66. The maximum Gasteiger partial charge on any atom is 0.142 e. The van der Waals surface area contributed by atoms with Crippen LogP contribution in [0.2, 0.25) is 0 Å². The van der Waals surface area contributed by atoms with E-state index in [0.29, 0.717) is 0 Å². The predicted octanol–water partition coefficient (Wildman–Crippen LogP) is 3.78. The number of halogens is 1. The molecule has 1 rings (SSSR count). The molecule has 0 N–H and O–H groups in total. The van der Waals surface area contributed by atoms with Crippen molar-refractivity contribution in [2.24, 2.45) is 0 Å². The van der Waals surface area contributed by atoms with Crippen molar-refractivity contribution in [2.75, 3.05) is 18.0 Å². The second-order valence-electron chi connectivity index (χ2n) is 3.81. The van der Waals surface area contributed by atoms with Crippen LogP contribution < -0.4 is 4.90 Å². The Balaban J connectivity index is 2.89. The molecule has 0 aliphatic carbocycles. The van der Waals surface area contributed by atoms with E-state index in [4.69, 9.17) is 0 Å². The van der Waals surface area contributed by atoms with Crippen LogP contribution in [0.4, 0.5) is 5.82 Å². The Morgan fingerprint density at radius 3 is 2.33 bits per heavy atom. The Morgan fingerprint density at radius 1 is 1.27 bits per heavy atom. The van der Waals surface area contributed by atoms with E-state index in [1.54, 1.807) is 0 Å². The molecule has 84 valence electrons. The summed E-state index contributed by atoms with van der Waals surface area (Å²) in [6.07, 6.45) is 4.24. The third-order valence-corrected chi connectivity index (χ3v) is 2.83. The Morgan fingerprint density at radius 2 is 1.87 bits per heavy atom. The highest BCUT2D eigenvalue weighted by molar-refractivity contribution is 9.10. The average Bonchev–Trinajstić information content (AvgIpc) is 2.17. The van der Waals surface area contributed by atoms with Gasteiger partial charge in [0.2, 0.25) is 0 Å². The highest BCUT2D eigenvalue weighted by Crippen LogP contribution is 2.24. The van der Waals surface area contributed by atoms with Crippen LogP contribution in [-0.4, -0.2) is 18.1 Å². The first kappa shape index (κ1) is 12.5. The van der Waals surface area contributed by atoms with Crippen molar-refractivity contribution in [3.63, 3.8) is 0 Å². The lowest BCUT2D eigenvalue weighted by Crippen LogP contribution is -2.26. The molecule has 3 heteroatoms. The number of rotatable bonds is 5. The standard InChI is InChI=1S/C12H19BrN2/c1-4-6-15(7-5-2)12-11(13)8-10(3)9-14-12/h8-9H,4-7H2,1-3H3. The first-order valence-electron chi connectivity index (χ1n) is 5.56. The van der Waals surface area contributed by atoms with Crippen molar-refractivity contribution in [1.82, 2.24) is 4.98 Å². The molecule has 0 radical (unpaired) electrons. The number of aryl methyl sites for hydroxylation is 1. The Hall–Kier alpha value is -0.570. The van der Waals surface area contributed by atoms with E-state index in [0.717, 1.165) is 36.2 Å². The van der Waals surface area contributed by atoms with Gasteiger partial charge in [0, 0.05) is 19.3 Å². The number of pyridine rings is 1. The van der Waals surface area contributed by atoms with Gasteiger partial charge >= 0.3 is 0 Å². The molecule has 1 heterocycles. The highest BCUT2D eigenvalue weighted by atomic mass is 79.9. The molecule has 0 atom stereocenters. The van der Waals surface area contributed by atoms with Crippen LogP contribution in [0.1, 0.15) is 32.3 Å². The molecule has 1 aromatic heterocycles. The van der Waals surface area contributed by atoms with Crippen LogP contribution in [0.5, 0.6) is 0 Å². The summed E-state index contributed by atoms with van der Waals surface area (Å²) < 4.78 is 1.10. The van der Waals surface area contributed by atoms with Gasteiger partial charge in [-0.25, -0.2) is 4.98 Å². The first-order valence-corrected chi connectivity index (χ1v) is 6.35. The summed E-state index contributed by atoms with van der Waals surface area (Å²) in [5.74, 6) is 1.07. The molecule has 0 saturated heterocycles. The number of aromatic nitrogens is 1. The molecule has 0 aliphatic heterocycles. The van der Waals surface area contributed by atoms with Gasteiger partial charge in [-0.15, -0.1) is 0 Å². The minimum atomic E-state index is 1.07. The summed E-state index contributed by atoms with van der Waals surface area (Å²) in [6.45, 7) is 8.60. The van der Waals surface area contributed by atoms with E-state index in [2.05, 4.69) is 52.7 Å². The number of nitrogens with zero attached hydrogens (tertiary/aromatic N) is 2. The molecule has 0 aliphatic rings. The molecule has 15 heavy (non-hydrogen) atoms. The van der Waals surface area contributed by atoms with Gasteiger partial charge in [-0.05, 0) is 47.3 Å². The highest BCUT2D eigenvalue weighted by Gasteiger charge is 2.09. The molecule has 0 amide bonds. The SMILES string of the molecule is CCCN(CCC)c1ncc(C)cc1Br. The van der Waals surface area contributed by atoms with E-state index in [-0.39, 0.29) is 0 Å². The average molecular weight is 271 g/mol. The molecule has 1 aromatic rings. The van der Waals surface area contributed by atoms with Crippen molar-refractivity contribution in [3.05, 3.63) is 22.3 Å². The summed E-state index contributed by atoms with van der Waals surface area (Å²) in [7, 11) is 0. The van der Waals surface area contributed by atoms with Gasteiger partial charge in [0.1, 0.15) is 5.82 Å². The normalized spacial score (nSPS) is 10.4. The van der Waals surface area contributed by atoms with Crippen molar-refractivity contribution in [3.8, 4) is 0 Å². The monoisotopic (exact) mass is 270 g/mol. The molecule has 2 nitrogen and oxygen atoms in total. The van der Waals surface area contributed by atoms with E-state index in [1.807, 2.05) is 6.20 Å². The Kier molecular flexibility index (Phi) is 5.09. The number of hydrogen-bond acceptors (Lipinski definition) is 2. The summed E-state index contributed by atoms with van der Waals surface area (Å²) in [5, 5.41) is 0. The molecule has 0 fully saturated rings. The van der Waals surface area contributed by atoms with Gasteiger partial charge in [-0.1, -0.05) is 13.8 Å². The van der Waals surface area contributed by atoms with E-state index in [9.17, 15) is 0 Å². The van der Waals surface area contributed by atoms with Crippen LogP contribution in [0, 0.1) is 6.92 Å². The van der Waals surface area contributed by atoms with Gasteiger partial charge in [-0.2, -0.15) is 0 Å². The Labute approximate surface area is 101 Å². The lowest BCUT2D eigenvalue weighted by atomic mass is 10.3. The zero-order valence-electron chi connectivity index (χ0n) is 9.76. The van der Waals surface area contributed by atoms with Crippen molar-refractivity contribution in [1.29, 1.82) is 0 Å². The molecular formula is C12H19BrN2. The van der Waals surface area contributed by atoms with Gasteiger partial charge in [0.15, 0.2) is 0 Å². The molecule has 0 unspecified atom stereocenters. The van der Waals surface area contributed by atoms with Crippen LogP contribution >= 0.6 is 15.9 Å². The largest absolute Gasteiger partial charge is 0.356 e. The van der Waals surface area contributed by atoms with Gasteiger partial charge in [0.05, 0.1) is 4.47 Å². The summed E-state index contributed by atoms with van der Waals surface area (Å²) >= 11 is 3.58. The van der Waals surface area contributed by atoms with Gasteiger partial charge in [-0.3, -0.25) is 0 Å². The van der Waals surface area contributed by atoms with E-state index in [1.165, 1.54) is 5.56 Å². The fourth-order valence-corrected chi connectivity index (χ4v) is 2.34. The predicted molar refractivity (Wildman–Crippen MR) is 69.5 cm³/mol. The lowest BCUT2D eigenvalue weighted by Gasteiger charge is -2.23. The van der Waals surface area contributed by atoms with Gasteiger partial charge in [0.25, 0.3) is 0 Å². The van der Waals surface area contributed by atoms with Gasteiger partial charge < -0.3 is 4.90 Å². The molecule has 0 spiro atoms. The minimum absolute atomic E-state index is 1.07. The third kappa shape index (κ3) is 3.49. The van der Waals surface area contributed by atoms with Crippen LogP contribution in [0.25, 0.3) is 0 Å². The fourth-order valence-electron chi connectivity index (χ4n) is 1.62. The topological polar surface area (TPSA) is 16.1 Å². The number of anilines is 1. The summed E-state index contributed by atoms with van der Waals surface area (Å²) in [4.78, 5) is 6.83. The lowest BCUT2D eigenvalue weighted by molar-refractivity contribution is 0.732. The molecular weight excluding hydrogens is 252 g/mol. The molecule has 0 aromatic carbocycles. The van der Waals surface area contributed by atoms with Crippen molar-refractivity contribution < 1.29 is 0 Å². The minimum Gasteiger partial charge on any atom is -0.356 e. The third-order valence-electron chi connectivity index (χ3n) is 2.25. The van der Waals surface area contributed by atoms with E-state index >= 15 is 0 Å². The van der Waals surface area contributed by atoms with Crippen molar-refractivity contribution in [2.45, 2.75) is 33.6 Å². The Bertz CT molecular complexity index is 306. The molecule has 0 bridgehead atoms. The van der Waals surface area contributed by atoms with Crippen molar-refractivity contribution >= 4 is 21.7 Å². The summed E-state index contributed by atoms with van der Waals surface area (Å²) in [6, 6.07) is 2.13. The van der Waals surface area contributed by atoms with Crippen LogP contribution in [0.3, 0.4) is 0 Å². The quantitative estimate of drug-likeness (QED) is 0.810. The fraction of sp³-hybridized carbons (Fsp3) is 0.583. The second kappa shape index (κ2) is 6.11. The first-order chi connectivity index (χ1) is 7.19. The smallest absolute Gasteiger partial charge is 0.142 e. The van der Waals surface area contributed by atoms with Crippen LogP contribution in [0.15, 0.2) is 16.7 Å². The zero-order chi connectivity index (χ0) is 11.3.